The first-order valence-corrected chi connectivity index (χ1v) is 10.2. The molecule has 0 bridgehead atoms. The van der Waals surface area contributed by atoms with Crippen molar-refractivity contribution in [1.29, 1.82) is 0 Å². The van der Waals surface area contributed by atoms with Crippen LogP contribution in [0.4, 0.5) is 5.69 Å². The molecule has 1 amide bonds. The molecule has 1 saturated heterocycles. The number of amides is 1. The maximum atomic E-state index is 12.6. The number of hydrogen-bond acceptors (Lipinski definition) is 4. The second-order valence-corrected chi connectivity index (χ2v) is 7.76. The van der Waals surface area contributed by atoms with E-state index < -0.39 is 12.2 Å². The van der Waals surface area contributed by atoms with Gasteiger partial charge in [0.25, 0.3) is 5.91 Å². The summed E-state index contributed by atoms with van der Waals surface area (Å²) in [5.41, 5.74) is 3.58. The quantitative estimate of drug-likeness (QED) is 0.837. The van der Waals surface area contributed by atoms with Crippen LogP contribution in [0.5, 0.6) is 0 Å². The Balaban J connectivity index is 1.29. The SMILES string of the molecule is O=C(Nc1ccccc1)[C@@H]1O[C@H](CCN2CCc3ccccc3C2)CC[C@@H]1O. The molecule has 2 aliphatic rings. The number of carbonyl (C=O) groups is 1. The lowest BCUT2D eigenvalue weighted by Gasteiger charge is -2.35. The smallest absolute Gasteiger partial charge is 0.256 e. The van der Waals surface area contributed by atoms with Crippen molar-refractivity contribution in [2.45, 2.75) is 50.5 Å². The van der Waals surface area contributed by atoms with E-state index in [0.717, 1.165) is 44.6 Å². The van der Waals surface area contributed by atoms with E-state index in [0.29, 0.717) is 6.42 Å². The Bertz CT molecular complexity index is 795. The minimum absolute atomic E-state index is 0.00657. The van der Waals surface area contributed by atoms with Gasteiger partial charge in [-0.1, -0.05) is 42.5 Å². The number of benzene rings is 2. The molecule has 0 saturated carbocycles. The van der Waals surface area contributed by atoms with Crippen LogP contribution in [0.15, 0.2) is 54.6 Å². The van der Waals surface area contributed by atoms with Crippen molar-refractivity contribution in [2.24, 2.45) is 0 Å². The minimum Gasteiger partial charge on any atom is -0.390 e. The predicted molar refractivity (Wildman–Crippen MR) is 109 cm³/mol. The molecule has 4 rings (SSSR count). The average Bonchev–Trinajstić information content (AvgIpc) is 2.73. The topological polar surface area (TPSA) is 61.8 Å². The molecule has 148 valence electrons. The maximum absolute atomic E-state index is 12.6. The Morgan fingerprint density at radius 2 is 1.82 bits per heavy atom. The molecule has 3 atom stereocenters. The van der Waals surface area contributed by atoms with E-state index in [1.807, 2.05) is 30.3 Å². The molecule has 0 aliphatic carbocycles. The first-order chi connectivity index (χ1) is 13.7. The van der Waals surface area contributed by atoms with Gasteiger partial charge in [0, 0.05) is 25.3 Å². The van der Waals surface area contributed by atoms with Crippen LogP contribution in [0, 0.1) is 0 Å². The maximum Gasteiger partial charge on any atom is 0.256 e. The van der Waals surface area contributed by atoms with Crippen LogP contribution in [0.3, 0.4) is 0 Å². The summed E-state index contributed by atoms with van der Waals surface area (Å²) in [6.07, 6.45) is 1.81. The molecule has 0 spiro atoms. The minimum atomic E-state index is -0.805. The van der Waals surface area contributed by atoms with Gasteiger partial charge < -0.3 is 15.2 Å². The van der Waals surface area contributed by atoms with Gasteiger partial charge in [0.05, 0.1) is 12.2 Å². The summed E-state index contributed by atoms with van der Waals surface area (Å²) >= 11 is 0. The molecule has 1 fully saturated rings. The van der Waals surface area contributed by atoms with Crippen LogP contribution < -0.4 is 5.32 Å². The van der Waals surface area contributed by atoms with Crippen molar-refractivity contribution in [3.63, 3.8) is 0 Å². The molecule has 0 aromatic heterocycles. The van der Waals surface area contributed by atoms with E-state index in [-0.39, 0.29) is 12.0 Å². The van der Waals surface area contributed by atoms with Crippen LogP contribution >= 0.6 is 0 Å². The number of nitrogens with zero attached hydrogens (tertiary/aromatic N) is 1. The fraction of sp³-hybridized carbons (Fsp3) is 0.435. The van der Waals surface area contributed by atoms with E-state index in [1.165, 1.54) is 11.1 Å². The van der Waals surface area contributed by atoms with E-state index in [1.54, 1.807) is 0 Å². The third kappa shape index (κ3) is 4.61. The Morgan fingerprint density at radius 1 is 1.07 bits per heavy atom. The van der Waals surface area contributed by atoms with Gasteiger partial charge in [0.15, 0.2) is 6.10 Å². The highest BCUT2D eigenvalue weighted by Crippen LogP contribution is 2.25. The molecule has 2 N–H and O–H groups in total. The lowest BCUT2D eigenvalue weighted by atomic mass is 9.97. The van der Waals surface area contributed by atoms with Gasteiger partial charge >= 0.3 is 0 Å². The third-order valence-electron chi connectivity index (χ3n) is 5.75. The lowest BCUT2D eigenvalue weighted by Crippen LogP contribution is -2.47. The summed E-state index contributed by atoms with van der Waals surface area (Å²) in [6.45, 7) is 2.98. The highest BCUT2D eigenvalue weighted by atomic mass is 16.5. The molecule has 5 heteroatoms. The summed E-state index contributed by atoms with van der Waals surface area (Å²) in [5.74, 6) is -0.268. The van der Waals surface area contributed by atoms with E-state index in [2.05, 4.69) is 34.5 Å². The van der Waals surface area contributed by atoms with Crippen molar-refractivity contribution in [3.05, 3.63) is 65.7 Å². The third-order valence-corrected chi connectivity index (χ3v) is 5.75. The van der Waals surface area contributed by atoms with Gasteiger partial charge in [-0.2, -0.15) is 0 Å². The number of rotatable bonds is 5. The van der Waals surface area contributed by atoms with Gasteiger partial charge in [-0.05, 0) is 48.9 Å². The number of carbonyl (C=O) groups excluding carboxylic acids is 1. The van der Waals surface area contributed by atoms with Crippen LogP contribution in [0.2, 0.25) is 0 Å². The van der Waals surface area contributed by atoms with Crippen LogP contribution in [0.25, 0.3) is 0 Å². The number of fused-ring (bicyclic) bond motifs is 1. The van der Waals surface area contributed by atoms with Gasteiger partial charge in [0.2, 0.25) is 0 Å². The summed E-state index contributed by atoms with van der Waals surface area (Å²) in [6, 6.07) is 17.9. The first-order valence-electron chi connectivity index (χ1n) is 10.2. The van der Waals surface area contributed by atoms with Crippen LogP contribution in [0.1, 0.15) is 30.4 Å². The number of aliphatic hydroxyl groups excluding tert-OH is 1. The zero-order valence-electron chi connectivity index (χ0n) is 16.1. The van der Waals surface area contributed by atoms with Crippen molar-refractivity contribution in [2.75, 3.05) is 18.4 Å². The molecule has 5 nitrogen and oxygen atoms in total. The van der Waals surface area contributed by atoms with Crippen molar-refractivity contribution < 1.29 is 14.6 Å². The number of aliphatic hydroxyl groups is 1. The number of anilines is 1. The largest absolute Gasteiger partial charge is 0.390 e. The van der Waals surface area contributed by atoms with Crippen LogP contribution in [-0.4, -0.2) is 47.3 Å². The number of ether oxygens (including phenoxy) is 1. The summed E-state index contributed by atoms with van der Waals surface area (Å²) in [4.78, 5) is 15.0. The van der Waals surface area contributed by atoms with Gasteiger partial charge in [-0.25, -0.2) is 0 Å². The molecule has 2 heterocycles. The molecule has 0 radical (unpaired) electrons. The standard InChI is InChI=1S/C23H28N2O3/c26-21-11-10-20(28-22(21)23(27)24-19-8-2-1-3-9-19)13-15-25-14-12-17-6-4-5-7-18(17)16-25/h1-9,20-22,26H,10-16H2,(H,24,27)/t20-,21-,22+/m0/s1. The van der Waals surface area contributed by atoms with Gasteiger partial charge in [0.1, 0.15) is 0 Å². The van der Waals surface area contributed by atoms with Crippen LogP contribution in [-0.2, 0) is 22.5 Å². The molecule has 2 aliphatic heterocycles. The second kappa shape index (κ2) is 8.86. The Labute approximate surface area is 166 Å². The summed E-state index contributed by atoms with van der Waals surface area (Å²) in [7, 11) is 0. The Morgan fingerprint density at radius 3 is 2.64 bits per heavy atom. The number of para-hydroxylation sites is 1. The monoisotopic (exact) mass is 380 g/mol. The van der Waals surface area contributed by atoms with Gasteiger partial charge in [-0.3, -0.25) is 9.69 Å². The lowest BCUT2D eigenvalue weighted by molar-refractivity contribution is -0.153. The Hall–Kier alpha value is -2.21. The van der Waals surface area contributed by atoms with E-state index in [9.17, 15) is 9.90 Å². The van der Waals surface area contributed by atoms with Crippen molar-refractivity contribution in [3.8, 4) is 0 Å². The molecular formula is C23H28N2O3. The molecule has 2 aromatic carbocycles. The van der Waals surface area contributed by atoms with Crippen molar-refractivity contribution in [1.82, 2.24) is 4.90 Å². The highest BCUT2D eigenvalue weighted by Gasteiger charge is 2.35. The molecule has 0 unspecified atom stereocenters. The zero-order chi connectivity index (χ0) is 19.3. The average molecular weight is 380 g/mol. The first kappa shape index (κ1) is 19.1. The zero-order valence-corrected chi connectivity index (χ0v) is 16.1. The van der Waals surface area contributed by atoms with E-state index in [4.69, 9.17) is 4.74 Å². The van der Waals surface area contributed by atoms with E-state index >= 15 is 0 Å². The fourth-order valence-corrected chi connectivity index (χ4v) is 4.13. The van der Waals surface area contributed by atoms with Gasteiger partial charge in [-0.15, -0.1) is 0 Å². The molecule has 28 heavy (non-hydrogen) atoms. The fourth-order valence-electron chi connectivity index (χ4n) is 4.13. The highest BCUT2D eigenvalue weighted by molar-refractivity contribution is 5.94. The predicted octanol–water partition coefficient (Wildman–Crippen LogP) is 2.98. The molecular weight excluding hydrogens is 352 g/mol. The second-order valence-electron chi connectivity index (χ2n) is 7.76. The van der Waals surface area contributed by atoms with Crippen molar-refractivity contribution >= 4 is 11.6 Å². The Kier molecular flexibility index (Phi) is 6.05. The molecule has 2 aromatic rings. The number of hydrogen-bond donors (Lipinski definition) is 2. The summed E-state index contributed by atoms with van der Waals surface area (Å²) < 4.78 is 6.00. The number of nitrogens with one attached hydrogen (secondary N) is 1. The normalized spacial score (nSPS) is 25.1. The summed E-state index contributed by atoms with van der Waals surface area (Å²) in [5, 5.41) is 13.1.